The predicted molar refractivity (Wildman–Crippen MR) is 92.9 cm³/mol. The summed E-state index contributed by atoms with van der Waals surface area (Å²) in [6, 6.07) is 6.33. The second-order valence-corrected chi connectivity index (χ2v) is 7.84. The van der Waals surface area contributed by atoms with Crippen LogP contribution in [0.1, 0.15) is 58.9 Å². The van der Waals surface area contributed by atoms with Gasteiger partial charge in [-0.25, -0.2) is 0 Å². The maximum Gasteiger partial charge on any atom is 0.494 e. The van der Waals surface area contributed by atoms with Crippen LogP contribution < -0.4 is 10.8 Å². The minimum absolute atomic E-state index is 0.308. The number of hydrogen-bond acceptors (Lipinski definition) is 4. The molecule has 126 valence electrons. The third-order valence-corrected chi connectivity index (χ3v) is 5.57. The van der Waals surface area contributed by atoms with E-state index in [0.717, 1.165) is 11.0 Å². The van der Waals surface area contributed by atoms with Crippen LogP contribution in [0.4, 0.5) is 0 Å². The van der Waals surface area contributed by atoms with Crippen molar-refractivity contribution in [2.45, 2.75) is 77.2 Å². The number of aromatic hydroxyl groups is 1. The number of phenols is 1. The molecule has 1 heterocycles. The van der Waals surface area contributed by atoms with Crippen molar-refractivity contribution in [3.63, 3.8) is 0 Å². The Morgan fingerprint density at radius 2 is 1.74 bits per heavy atom. The summed E-state index contributed by atoms with van der Waals surface area (Å²) in [5.74, 6) is 0.308. The first-order valence-corrected chi connectivity index (χ1v) is 8.69. The van der Waals surface area contributed by atoms with E-state index in [1.54, 1.807) is 6.07 Å². The highest BCUT2D eigenvalue weighted by atomic mass is 16.7. The van der Waals surface area contributed by atoms with Crippen LogP contribution in [0.5, 0.6) is 5.75 Å². The fourth-order valence-electron chi connectivity index (χ4n) is 3.24. The third kappa shape index (κ3) is 3.42. The van der Waals surface area contributed by atoms with Crippen LogP contribution in [0.3, 0.4) is 0 Å². The Kier molecular flexibility index (Phi) is 4.47. The molecule has 0 amide bonds. The van der Waals surface area contributed by atoms with E-state index < -0.39 is 7.12 Å². The highest BCUT2D eigenvalue weighted by molar-refractivity contribution is 6.62. The molecule has 2 aliphatic rings. The molecule has 2 N–H and O–H groups in total. The van der Waals surface area contributed by atoms with Crippen molar-refractivity contribution < 1.29 is 14.4 Å². The normalized spacial score (nSPS) is 23.6. The molecule has 3 rings (SSSR count). The zero-order chi connectivity index (χ0) is 16.7. The Balaban J connectivity index is 1.67. The summed E-state index contributed by atoms with van der Waals surface area (Å²) < 4.78 is 12.1. The highest BCUT2D eigenvalue weighted by Gasteiger charge is 2.51. The van der Waals surface area contributed by atoms with Crippen molar-refractivity contribution in [3.05, 3.63) is 23.8 Å². The first kappa shape index (κ1) is 16.8. The summed E-state index contributed by atoms with van der Waals surface area (Å²) in [6.07, 6.45) is 5.11. The first-order chi connectivity index (χ1) is 10.8. The number of benzene rings is 1. The van der Waals surface area contributed by atoms with Gasteiger partial charge < -0.3 is 19.7 Å². The average Bonchev–Trinajstić information content (AvgIpc) is 3.04. The highest BCUT2D eigenvalue weighted by Crippen LogP contribution is 2.36. The molecule has 0 radical (unpaired) electrons. The van der Waals surface area contributed by atoms with Crippen molar-refractivity contribution in [3.8, 4) is 5.75 Å². The lowest BCUT2D eigenvalue weighted by molar-refractivity contribution is 0.00578. The van der Waals surface area contributed by atoms with Crippen LogP contribution in [0.2, 0.25) is 0 Å². The van der Waals surface area contributed by atoms with Gasteiger partial charge in [-0.1, -0.05) is 25.0 Å². The Morgan fingerprint density at radius 1 is 1.13 bits per heavy atom. The second-order valence-electron chi connectivity index (χ2n) is 7.84. The topological polar surface area (TPSA) is 50.7 Å². The van der Waals surface area contributed by atoms with E-state index in [1.807, 2.05) is 39.8 Å². The molecule has 1 saturated carbocycles. The number of nitrogens with one attached hydrogen (secondary N) is 1. The van der Waals surface area contributed by atoms with Gasteiger partial charge in [0, 0.05) is 18.2 Å². The van der Waals surface area contributed by atoms with Crippen molar-refractivity contribution in [2.24, 2.45) is 0 Å². The quantitative estimate of drug-likeness (QED) is 0.839. The molecule has 4 nitrogen and oxygen atoms in total. The molecule has 1 aliphatic carbocycles. The van der Waals surface area contributed by atoms with Crippen LogP contribution in [0.15, 0.2) is 18.2 Å². The maximum absolute atomic E-state index is 10.3. The number of phenolic OH excluding ortho intramolecular Hbond substituents is 1. The fourth-order valence-corrected chi connectivity index (χ4v) is 3.24. The van der Waals surface area contributed by atoms with Gasteiger partial charge in [-0.05, 0) is 52.1 Å². The molecule has 1 aromatic carbocycles. The SMILES string of the molecule is CC1(C)OB(c2ccc(CNC3CCCC3)c(O)c2)OC1(C)C. The van der Waals surface area contributed by atoms with Crippen LogP contribution in [-0.2, 0) is 15.9 Å². The lowest BCUT2D eigenvalue weighted by Crippen LogP contribution is -2.41. The summed E-state index contributed by atoms with van der Waals surface area (Å²) >= 11 is 0. The molecule has 2 fully saturated rings. The number of rotatable bonds is 4. The zero-order valence-electron chi connectivity index (χ0n) is 14.7. The average molecular weight is 317 g/mol. The summed E-state index contributed by atoms with van der Waals surface area (Å²) in [5.41, 5.74) is 1.06. The predicted octanol–water partition coefficient (Wildman–Crippen LogP) is 2.72. The summed E-state index contributed by atoms with van der Waals surface area (Å²) in [6.45, 7) is 8.85. The Morgan fingerprint density at radius 3 is 2.30 bits per heavy atom. The van der Waals surface area contributed by atoms with Gasteiger partial charge in [-0.15, -0.1) is 0 Å². The molecule has 1 aliphatic heterocycles. The van der Waals surface area contributed by atoms with Gasteiger partial charge >= 0.3 is 7.12 Å². The van der Waals surface area contributed by atoms with Gasteiger partial charge in [0.1, 0.15) is 5.75 Å². The van der Waals surface area contributed by atoms with Gasteiger partial charge in [0.15, 0.2) is 0 Å². The molecular weight excluding hydrogens is 289 g/mol. The second kappa shape index (κ2) is 6.12. The molecule has 0 unspecified atom stereocenters. The molecular formula is C18H28BNO3. The van der Waals surface area contributed by atoms with Crippen LogP contribution >= 0.6 is 0 Å². The van der Waals surface area contributed by atoms with Gasteiger partial charge in [0.25, 0.3) is 0 Å². The van der Waals surface area contributed by atoms with Crippen LogP contribution in [0.25, 0.3) is 0 Å². The minimum atomic E-state index is -0.428. The summed E-state index contributed by atoms with van der Waals surface area (Å²) in [7, 11) is -0.428. The van der Waals surface area contributed by atoms with Crippen molar-refractivity contribution >= 4 is 12.6 Å². The van der Waals surface area contributed by atoms with Gasteiger partial charge in [-0.3, -0.25) is 0 Å². The summed E-state index contributed by atoms with van der Waals surface area (Å²) in [5, 5.41) is 13.9. The third-order valence-electron chi connectivity index (χ3n) is 5.57. The molecule has 5 heteroatoms. The molecule has 0 bridgehead atoms. The van der Waals surface area contributed by atoms with E-state index in [9.17, 15) is 5.11 Å². The Hall–Kier alpha value is -1.04. The lowest BCUT2D eigenvalue weighted by Gasteiger charge is -2.32. The molecule has 1 saturated heterocycles. The van der Waals surface area contributed by atoms with Gasteiger partial charge in [0.05, 0.1) is 11.2 Å². The van der Waals surface area contributed by atoms with E-state index in [2.05, 4.69) is 5.32 Å². The molecule has 0 spiro atoms. The minimum Gasteiger partial charge on any atom is -0.508 e. The molecule has 23 heavy (non-hydrogen) atoms. The van der Waals surface area contributed by atoms with E-state index in [1.165, 1.54) is 25.7 Å². The van der Waals surface area contributed by atoms with E-state index in [-0.39, 0.29) is 11.2 Å². The van der Waals surface area contributed by atoms with Gasteiger partial charge in [-0.2, -0.15) is 0 Å². The van der Waals surface area contributed by atoms with Gasteiger partial charge in [0.2, 0.25) is 0 Å². The summed E-state index contributed by atoms with van der Waals surface area (Å²) in [4.78, 5) is 0. The monoisotopic (exact) mass is 317 g/mol. The van der Waals surface area contributed by atoms with Crippen molar-refractivity contribution in [1.82, 2.24) is 5.32 Å². The van der Waals surface area contributed by atoms with Crippen LogP contribution in [0, 0.1) is 0 Å². The molecule has 1 aromatic rings. The Labute approximate surface area is 139 Å². The zero-order valence-corrected chi connectivity index (χ0v) is 14.7. The van der Waals surface area contributed by atoms with Crippen LogP contribution in [-0.4, -0.2) is 29.5 Å². The largest absolute Gasteiger partial charge is 0.508 e. The van der Waals surface area contributed by atoms with E-state index in [0.29, 0.717) is 18.3 Å². The lowest BCUT2D eigenvalue weighted by atomic mass is 9.78. The van der Waals surface area contributed by atoms with E-state index in [4.69, 9.17) is 9.31 Å². The smallest absolute Gasteiger partial charge is 0.494 e. The Bertz CT molecular complexity index is 551. The molecule has 0 atom stereocenters. The van der Waals surface area contributed by atoms with E-state index >= 15 is 0 Å². The first-order valence-electron chi connectivity index (χ1n) is 8.69. The van der Waals surface area contributed by atoms with Crippen molar-refractivity contribution in [1.29, 1.82) is 0 Å². The molecule has 0 aromatic heterocycles. The fraction of sp³-hybridized carbons (Fsp3) is 0.667. The standard InChI is InChI=1S/C18H28BNO3/c1-17(2)18(3,4)23-19(22-17)14-10-9-13(16(21)11-14)12-20-15-7-5-6-8-15/h9-11,15,20-21H,5-8,12H2,1-4H3. The maximum atomic E-state index is 10.3. The number of hydrogen-bond donors (Lipinski definition) is 2. The van der Waals surface area contributed by atoms with Crippen molar-refractivity contribution in [2.75, 3.05) is 0 Å².